The second kappa shape index (κ2) is 13.6. The van der Waals surface area contributed by atoms with Gasteiger partial charge in [0, 0.05) is 41.6 Å². The number of rotatable bonds is 10. The monoisotopic (exact) mass is 700 g/mol. The number of imidazole rings is 1. The Labute approximate surface area is 263 Å². The van der Waals surface area contributed by atoms with Crippen LogP contribution in [-0.4, -0.2) is 57.6 Å². The van der Waals surface area contributed by atoms with E-state index in [9.17, 15) is 13.6 Å². The molecule has 6 rings (SSSR count). The topological polar surface area (TPSA) is 85.2 Å². The molecule has 0 unspecified atom stereocenters. The first-order chi connectivity index (χ1) is 20.9. The molecule has 1 saturated heterocycles. The molecule has 0 atom stereocenters. The fraction of sp³-hybridized carbons (Fsp3) is 0.438. The molecule has 11 heteroatoms. The number of hydrogen-bond acceptors (Lipinski definition) is 7. The molecule has 2 aromatic carbocycles. The van der Waals surface area contributed by atoms with Crippen LogP contribution in [0.2, 0.25) is 0 Å². The summed E-state index contributed by atoms with van der Waals surface area (Å²) in [4.78, 5) is 28.6. The summed E-state index contributed by atoms with van der Waals surface area (Å²) < 4.78 is 36.5. The Balaban J connectivity index is 1.15. The number of carbonyl (C=O) groups is 1. The van der Waals surface area contributed by atoms with Crippen LogP contribution in [0.4, 0.5) is 20.5 Å². The highest BCUT2D eigenvalue weighted by molar-refractivity contribution is 14.1. The summed E-state index contributed by atoms with van der Waals surface area (Å²) in [5, 5.41) is 3.50. The Morgan fingerprint density at radius 1 is 0.977 bits per heavy atom. The molecule has 0 bridgehead atoms. The number of aryl methyl sites for hydroxylation is 1. The number of Topliss-reactive ketones (excluding diaryl/α,β-unsaturated/α-hetero) is 1. The molecule has 2 aromatic heterocycles. The number of benzene rings is 2. The predicted molar refractivity (Wildman–Crippen MR) is 171 cm³/mol. The number of anilines is 2. The minimum atomic E-state index is -2.76. The lowest BCUT2D eigenvalue weighted by Crippen LogP contribution is -2.37. The van der Waals surface area contributed by atoms with Crippen LogP contribution in [0, 0.1) is 9.49 Å². The molecule has 226 valence electrons. The van der Waals surface area contributed by atoms with Crippen molar-refractivity contribution in [3.8, 4) is 5.82 Å². The molecule has 4 aromatic rings. The van der Waals surface area contributed by atoms with Gasteiger partial charge in [0.2, 0.25) is 5.95 Å². The van der Waals surface area contributed by atoms with Gasteiger partial charge in [-0.15, -0.1) is 0 Å². The average Bonchev–Trinajstić information content (AvgIpc) is 3.42. The average molecular weight is 701 g/mol. The van der Waals surface area contributed by atoms with Gasteiger partial charge in [0.25, 0.3) is 6.43 Å². The fourth-order valence-electron chi connectivity index (χ4n) is 6.04. The van der Waals surface area contributed by atoms with Gasteiger partial charge in [-0.3, -0.25) is 9.36 Å². The number of morpholine rings is 1. The van der Waals surface area contributed by atoms with E-state index in [1.54, 1.807) is 24.3 Å². The van der Waals surface area contributed by atoms with Crippen molar-refractivity contribution in [3.05, 3.63) is 69.6 Å². The summed E-state index contributed by atoms with van der Waals surface area (Å²) in [5.74, 6) is 1.80. The maximum Gasteiger partial charge on any atom is 0.296 e. The van der Waals surface area contributed by atoms with Crippen LogP contribution in [0.25, 0.3) is 16.9 Å². The quantitative estimate of drug-likeness (QED) is 0.183. The minimum Gasteiger partial charge on any atom is -0.378 e. The lowest BCUT2D eigenvalue weighted by atomic mass is 9.82. The van der Waals surface area contributed by atoms with Crippen LogP contribution in [0.3, 0.4) is 0 Å². The molecule has 1 saturated carbocycles. The number of aromatic nitrogens is 4. The summed E-state index contributed by atoms with van der Waals surface area (Å²) in [5.41, 5.74) is 2.26. The number of hydrogen-bond donors (Lipinski definition) is 1. The number of ketones is 1. The number of para-hydroxylation sites is 2. The summed E-state index contributed by atoms with van der Waals surface area (Å²) in [6.07, 6.45) is 2.90. The van der Waals surface area contributed by atoms with Gasteiger partial charge in [0.15, 0.2) is 5.82 Å². The van der Waals surface area contributed by atoms with Crippen LogP contribution < -0.4 is 10.2 Å². The van der Waals surface area contributed by atoms with E-state index >= 15 is 0 Å². The summed E-state index contributed by atoms with van der Waals surface area (Å²) >= 11 is 2.29. The zero-order valence-electron chi connectivity index (χ0n) is 23.9. The van der Waals surface area contributed by atoms with E-state index in [-0.39, 0.29) is 11.9 Å². The largest absolute Gasteiger partial charge is 0.378 e. The minimum absolute atomic E-state index is 0.139. The molecule has 0 radical (unpaired) electrons. The first kappa shape index (κ1) is 29.9. The zero-order valence-corrected chi connectivity index (χ0v) is 26.1. The van der Waals surface area contributed by atoms with Gasteiger partial charge in [0.1, 0.15) is 17.4 Å². The molecule has 1 N–H and O–H groups in total. The molecule has 0 amide bonds. The van der Waals surface area contributed by atoms with Gasteiger partial charge in [0.05, 0.1) is 24.2 Å². The molecule has 1 aliphatic carbocycles. The maximum atomic E-state index is 14.2. The van der Waals surface area contributed by atoms with Crippen molar-refractivity contribution in [2.45, 2.75) is 57.4 Å². The molecule has 43 heavy (non-hydrogen) atoms. The number of alkyl halides is 2. The van der Waals surface area contributed by atoms with E-state index in [1.807, 2.05) is 6.07 Å². The predicted octanol–water partition coefficient (Wildman–Crippen LogP) is 6.76. The Bertz CT molecular complexity index is 1550. The Morgan fingerprint density at radius 3 is 2.44 bits per heavy atom. The summed E-state index contributed by atoms with van der Waals surface area (Å²) in [6, 6.07) is 17.3. The highest BCUT2D eigenvalue weighted by Gasteiger charge is 2.26. The molecule has 1 aliphatic heterocycles. The van der Waals surface area contributed by atoms with Crippen LogP contribution in [0.1, 0.15) is 56.3 Å². The van der Waals surface area contributed by atoms with E-state index in [0.29, 0.717) is 79.5 Å². The molecular formula is C32H35F2IN6O2. The van der Waals surface area contributed by atoms with Gasteiger partial charge in [-0.2, -0.15) is 9.97 Å². The van der Waals surface area contributed by atoms with Crippen molar-refractivity contribution in [3.63, 3.8) is 0 Å². The third-order valence-corrected chi connectivity index (χ3v) is 9.07. The van der Waals surface area contributed by atoms with E-state index < -0.39 is 6.43 Å². The summed E-state index contributed by atoms with van der Waals surface area (Å²) in [7, 11) is 0. The van der Waals surface area contributed by atoms with Crippen LogP contribution in [0.5, 0.6) is 0 Å². The Morgan fingerprint density at radius 2 is 1.70 bits per heavy atom. The smallest absolute Gasteiger partial charge is 0.296 e. The Kier molecular flexibility index (Phi) is 9.46. The molecule has 2 aliphatic rings. The van der Waals surface area contributed by atoms with Crippen molar-refractivity contribution in [2.75, 3.05) is 36.5 Å². The van der Waals surface area contributed by atoms with Gasteiger partial charge in [-0.25, -0.2) is 13.8 Å². The van der Waals surface area contributed by atoms with Crippen molar-refractivity contribution in [2.24, 2.45) is 5.92 Å². The first-order valence-corrected chi connectivity index (χ1v) is 16.0. The van der Waals surface area contributed by atoms with Gasteiger partial charge in [-0.1, -0.05) is 24.3 Å². The Hall–Kier alpha value is -3.19. The molecule has 2 fully saturated rings. The molecular weight excluding hydrogens is 665 g/mol. The standard InChI is InChI=1S/C32H35F2IN6O2/c33-30(34)31-37-26-3-1-2-4-27(26)41(31)29-20-28(40-15-17-43-18-16-40)38-32(39-29)36-24-12-7-22(8-13-24)19-25(42)14-9-21-5-10-23(35)11-6-21/h1-6,10-11,20,22,24,30H,7-9,12-19H2,(H,36,38,39). The fourth-order valence-corrected chi connectivity index (χ4v) is 6.40. The lowest BCUT2D eigenvalue weighted by molar-refractivity contribution is -0.120. The van der Waals surface area contributed by atoms with E-state index in [2.05, 4.69) is 62.1 Å². The first-order valence-electron chi connectivity index (χ1n) is 14.9. The van der Waals surface area contributed by atoms with Gasteiger partial charge < -0.3 is 15.0 Å². The number of nitrogens with zero attached hydrogens (tertiary/aromatic N) is 5. The molecule has 8 nitrogen and oxygen atoms in total. The normalized spacial score (nSPS) is 19.2. The van der Waals surface area contributed by atoms with Crippen molar-refractivity contribution in [1.82, 2.24) is 19.5 Å². The zero-order chi connectivity index (χ0) is 29.8. The second-order valence-electron chi connectivity index (χ2n) is 11.3. The maximum absolute atomic E-state index is 14.2. The van der Waals surface area contributed by atoms with Crippen molar-refractivity contribution >= 4 is 51.2 Å². The lowest BCUT2D eigenvalue weighted by Gasteiger charge is -2.30. The highest BCUT2D eigenvalue weighted by Crippen LogP contribution is 2.32. The molecule has 3 heterocycles. The summed E-state index contributed by atoms with van der Waals surface area (Å²) in [6.45, 7) is 2.47. The third-order valence-electron chi connectivity index (χ3n) is 8.35. The third kappa shape index (κ3) is 7.31. The van der Waals surface area contributed by atoms with E-state index in [4.69, 9.17) is 14.7 Å². The van der Waals surface area contributed by atoms with Crippen molar-refractivity contribution < 1.29 is 18.3 Å². The molecule has 0 spiro atoms. The SMILES string of the molecule is O=C(CCc1ccc(I)cc1)CC1CCC(Nc2nc(N3CCOCC3)cc(-n3c(C(F)F)nc4ccccc43)n2)CC1. The van der Waals surface area contributed by atoms with Gasteiger partial charge >= 0.3 is 0 Å². The second-order valence-corrected chi connectivity index (χ2v) is 12.6. The van der Waals surface area contributed by atoms with Crippen LogP contribution >= 0.6 is 22.6 Å². The van der Waals surface area contributed by atoms with Gasteiger partial charge in [-0.05, 0) is 90.4 Å². The van der Waals surface area contributed by atoms with Crippen molar-refractivity contribution in [1.29, 1.82) is 0 Å². The van der Waals surface area contributed by atoms with E-state index in [1.165, 1.54) is 13.7 Å². The number of carbonyl (C=O) groups excluding carboxylic acids is 1. The van der Waals surface area contributed by atoms with E-state index in [0.717, 1.165) is 32.1 Å². The number of fused-ring (bicyclic) bond motifs is 1. The number of nitrogens with one attached hydrogen (secondary N) is 1. The van der Waals surface area contributed by atoms with Crippen LogP contribution in [0.15, 0.2) is 54.6 Å². The number of halogens is 3. The van der Waals surface area contributed by atoms with Crippen LogP contribution in [-0.2, 0) is 16.0 Å². The highest BCUT2D eigenvalue weighted by atomic mass is 127. The number of ether oxygens (including phenoxy) is 1.